The molecule has 0 saturated carbocycles. The highest BCUT2D eigenvalue weighted by molar-refractivity contribution is 5.77. The Morgan fingerprint density at radius 3 is 1.48 bits per heavy atom. The summed E-state index contributed by atoms with van der Waals surface area (Å²) in [5.74, 6) is -0.0767. The molecule has 29 heavy (non-hydrogen) atoms. The Hall–Kier alpha value is -1.26. The molecule has 0 saturated heterocycles. The highest BCUT2D eigenvalue weighted by Crippen LogP contribution is 1.84. The molecule has 9 nitrogen and oxygen atoms in total. The van der Waals surface area contributed by atoms with Crippen molar-refractivity contribution in [2.24, 2.45) is 0 Å². The molecule has 0 aromatic heterocycles. The zero-order valence-corrected chi connectivity index (χ0v) is 18.8. The topological polar surface area (TPSA) is 104 Å². The molecule has 0 spiro atoms. The summed E-state index contributed by atoms with van der Waals surface area (Å²) in [6, 6.07) is 0. The molecule has 9 heteroatoms. The predicted molar refractivity (Wildman–Crippen MR) is 116 cm³/mol. The van der Waals surface area contributed by atoms with Crippen molar-refractivity contribution in [2.75, 3.05) is 79.2 Å². The Kier molecular flexibility index (Phi) is 27.6. The standard InChI is InChI=1S/C18H36N2O7.C2H6.2H2/c1-3-5-19-18(22)16-27-15-14-26-13-12-25-11-10-24-9-8-23-7-6-20-17(21)4-2;1-2;;/h3-16H2,1-2H3,(H,19,22)(H,20,21);1-2H3;2*1H. The maximum absolute atomic E-state index is 11.3. The van der Waals surface area contributed by atoms with Crippen LogP contribution in [-0.4, -0.2) is 91.0 Å². The number of carbonyl (C=O) groups excluding carboxylic acids is 2. The van der Waals surface area contributed by atoms with Crippen LogP contribution in [0.25, 0.3) is 0 Å². The summed E-state index contributed by atoms with van der Waals surface area (Å²) < 4.78 is 26.6. The van der Waals surface area contributed by atoms with Gasteiger partial charge in [-0.2, -0.15) is 0 Å². The predicted octanol–water partition coefficient (Wildman–Crippen LogP) is 1.64. The summed E-state index contributed by atoms with van der Waals surface area (Å²) in [4.78, 5) is 22.2. The van der Waals surface area contributed by atoms with Crippen molar-refractivity contribution in [2.45, 2.75) is 40.5 Å². The lowest BCUT2D eigenvalue weighted by Gasteiger charge is -2.08. The van der Waals surface area contributed by atoms with Crippen molar-refractivity contribution < 1.29 is 36.1 Å². The fourth-order valence-corrected chi connectivity index (χ4v) is 1.75. The van der Waals surface area contributed by atoms with Crippen LogP contribution in [0, 0.1) is 0 Å². The number of carbonyl (C=O) groups is 2. The van der Waals surface area contributed by atoms with Crippen LogP contribution in [0.4, 0.5) is 0 Å². The first-order valence-corrected chi connectivity index (χ1v) is 10.6. The van der Waals surface area contributed by atoms with E-state index in [4.69, 9.17) is 23.7 Å². The molecule has 0 fully saturated rings. The molecule has 0 atom stereocenters. The van der Waals surface area contributed by atoms with E-state index in [0.29, 0.717) is 79.0 Å². The summed E-state index contributed by atoms with van der Waals surface area (Å²) in [5.41, 5.74) is 0. The van der Waals surface area contributed by atoms with Gasteiger partial charge in [-0.05, 0) is 6.42 Å². The minimum atomic E-state index is -0.103. The van der Waals surface area contributed by atoms with Gasteiger partial charge >= 0.3 is 0 Å². The van der Waals surface area contributed by atoms with Crippen LogP contribution in [0.1, 0.15) is 43.4 Å². The van der Waals surface area contributed by atoms with Crippen molar-refractivity contribution >= 4 is 11.8 Å². The second-order valence-electron chi connectivity index (χ2n) is 5.56. The molecule has 2 N–H and O–H groups in total. The zero-order chi connectivity index (χ0) is 22.0. The molecule has 0 unspecified atom stereocenters. The number of ether oxygens (including phenoxy) is 5. The molecule has 0 radical (unpaired) electrons. The van der Waals surface area contributed by atoms with Crippen LogP contribution >= 0.6 is 0 Å². The first kappa shape index (κ1) is 29.9. The van der Waals surface area contributed by atoms with Crippen LogP contribution in [0.15, 0.2) is 0 Å². The molecular weight excluding hydrogens is 380 g/mol. The van der Waals surface area contributed by atoms with Crippen LogP contribution in [0.2, 0.25) is 0 Å². The summed E-state index contributed by atoms with van der Waals surface area (Å²) in [6.07, 6.45) is 1.40. The van der Waals surface area contributed by atoms with Crippen molar-refractivity contribution in [3.05, 3.63) is 0 Å². The van der Waals surface area contributed by atoms with Crippen molar-refractivity contribution in [3.63, 3.8) is 0 Å². The van der Waals surface area contributed by atoms with E-state index in [0.717, 1.165) is 6.42 Å². The summed E-state index contributed by atoms with van der Waals surface area (Å²) in [5, 5.41) is 5.46. The average Bonchev–Trinajstić information content (AvgIpc) is 2.75. The Balaban J connectivity index is -0.000000882. The summed E-state index contributed by atoms with van der Waals surface area (Å²) >= 11 is 0. The molecule has 0 aliphatic heterocycles. The van der Waals surface area contributed by atoms with Gasteiger partial charge in [-0.1, -0.05) is 27.7 Å². The normalized spacial score (nSPS) is 10.2. The molecule has 2 amide bonds. The number of rotatable bonds is 20. The third kappa shape index (κ3) is 26.7. The van der Waals surface area contributed by atoms with Gasteiger partial charge in [0.15, 0.2) is 0 Å². The van der Waals surface area contributed by atoms with Gasteiger partial charge in [-0.15, -0.1) is 0 Å². The average molecular weight is 427 g/mol. The molecular formula is C20H46N2O7. The molecule has 0 rings (SSSR count). The van der Waals surface area contributed by atoms with Gasteiger partial charge in [-0.25, -0.2) is 0 Å². The maximum atomic E-state index is 11.3. The van der Waals surface area contributed by atoms with Crippen LogP contribution < -0.4 is 10.6 Å². The van der Waals surface area contributed by atoms with E-state index < -0.39 is 0 Å². The fraction of sp³-hybridized carbons (Fsp3) is 0.900. The molecule has 0 heterocycles. The lowest BCUT2D eigenvalue weighted by Crippen LogP contribution is -2.28. The van der Waals surface area contributed by atoms with Gasteiger partial charge in [0, 0.05) is 22.4 Å². The molecule has 0 aliphatic rings. The third-order valence-electron chi connectivity index (χ3n) is 3.18. The maximum Gasteiger partial charge on any atom is 0.245 e. The zero-order valence-electron chi connectivity index (χ0n) is 18.8. The van der Waals surface area contributed by atoms with Gasteiger partial charge in [-0.3, -0.25) is 9.59 Å². The van der Waals surface area contributed by atoms with Crippen molar-refractivity contribution in [3.8, 4) is 0 Å². The van der Waals surface area contributed by atoms with E-state index in [-0.39, 0.29) is 21.3 Å². The second-order valence-corrected chi connectivity index (χ2v) is 5.56. The summed E-state index contributed by atoms with van der Waals surface area (Å²) in [6.45, 7) is 13.3. The van der Waals surface area contributed by atoms with Crippen LogP contribution in [-0.2, 0) is 33.3 Å². The monoisotopic (exact) mass is 426 g/mol. The van der Waals surface area contributed by atoms with E-state index in [1.54, 1.807) is 0 Å². The van der Waals surface area contributed by atoms with E-state index >= 15 is 0 Å². The number of amides is 2. The number of nitrogens with one attached hydrogen (secondary N) is 2. The molecule has 0 bridgehead atoms. The Morgan fingerprint density at radius 2 is 1.03 bits per heavy atom. The first-order valence-electron chi connectivity index (χ1n) is 10.6. The summed E-state index contributed by atoms with van der Waals surface area (Å²) in [7, 11) is 0. The highest BCUT2D eigenvalue weighted by atomic mass is 16.6. The van der Waals surface area contributed by atoms with Crippen LogP contribution in [0.3, 0.4) is 0 Å². The van der Waals surface area contributed by atoms with Crippen molar-refractivity contribution in [1.82, 2.24) is 10.6 Å². The largest absolute Gasteiger partial charge is 0.377 e. The highest BCUT2D eigenvalue weighted by Gasteiger charge is 1.99. The third-order valence-corrected chi connectivity index (χ3v) is 3.18. The first-order chi connectivity index (χ1) is 14.2. The van der Waals surface area contributed by atoms with Gasteiger partial charge in [0.1, 0.15) is 6.61 Å². The molecule has 0 aromatic carbocycles. The smallest absolute Gasteiger partial charge is 0.245 e. The Labute approximate surface area is 179 Å². The second kappa shape index (κ2) is 26.7. The lowest BCUT2D eigenvalue weighted by atomic mass is 10.4. The van der Waals surface area contributed by atoms with E-state index in [2.05, 4.69) is 10.6 Å². The minimum Gasteiger partial charge on any atom is -0.377 e. The van der Waals surface area contributed by atoms with Gasteiger partial charge in [0.05, 0.1) is 59.5 Å². The minimum absolute atomic E-state index is 0. The molecule has 0 aliphatic carbocycles. The Morgan fingerprint density at radius 1 is 0.621 bits per heavy atom. The van der Waals surface area contributed by atoms with E-state index in [1.807, 2.05) is 27.7 Å². The number of hydrogen-bond acceptors (Lipinski definition) is 7. The number of hydrogen-bond donors (Lipinski definition) is 2. The fourth-order valence-electron chi connectivity index (χ4n) is 1.75. The van der Waals surface area contributed by atoms with E-state index in [9.17, 15) is 9.59 Å². The Bertz CT molecular complexity index is 368. The van der Waals surface area contributed by atoms with Gasteiger partial charge < -0.3 is 34.3 Å². The van der Waals surface area contributed by atoms with Crippen molar-refractivity contribution in [1.29, 1.82) is 0 Å². The molecule has 178 valence electrons. The van der Waals surface area contributed by atoms with Crippen LogP contribution in [0.5, 0.6) is 0 Å². The van der Waals surface area contributed by atoms with Gasteiger partial charge in [0.2, 0.25) is 11.8 Å². The van der Waals surface area contributed by atoms with E-state index in [1.165, 1.54) is 0 Å². The quantitative estimate of drug-likeness (QED) is 0.285. The lowest BCUT2D eigenvalue weighted by molar-refractivity contribution is -0.126. The van der Waals surface area contributed by atoms with Gasteiger partial charge in [0.25, 0.3) is 0 Å². The molecule has 0 aromatic rings. The SMILES string of the molecule is CC.CCCNC(=O)COCCOCCOCCOCCOCCNC(=O)CC.[HH].[HH].